The molecule has 0 aliphatic carbocycles. The highest BCUT2D eigenvalue weighted by atomic mass is 16.1. The number of carbonyl (C=O) groups excluding carboxylic acids is 1. The zero-order valence-corrected chi connectivity index (χ0v) is 9.86. The van der Waals surface area contributed by atoms with Gasteiger partial charge in [0, 0.05) is 25.6 Å². The number of anilines is 2. The van der Waals surface area contributed by atoms with Crippen LogP contribution < -0.4 is 16.0 Å². The summed E-state index contributed by atoms with van der Waals surface area (Å²) in [5.74, 6) is 1.64. The predicted octanol–water partition coefficient (Wildman–Crippen LogP) is 0.599. The molecular formula is C11H17N5O. The van der Waals surface area contributed by atoms with E-state index in [0.717, 1.165) is 24.6 Å². The highest BCUT2D eigenvalue weighted by Gasteiger charge is 2.21. The van der Waals surface area contributed by atoms with E-state index in [0.29, 0.717) is 13.0 Å². The first-order chi connectivity index (χ1) is 8.28. The van der Waals surface area contributed by atoms with Gasteiger partial charge in [0.1, 0.15) is 18.0 Å². The van der Waals surface area contributed by atoms with Crippen molar-refractivity contribution in [2.24, 2.45) is 0 Å². The van der Waals surface area contributed by atoms with Gasteiger partial charge < -0.3 is 16.0 Å². The second-order valence-electron chi connectivity index (χ2n) is 4.06. The van der Waals surface area contributed by atoms with Crippen LogP contribution in [0, 0.1) is 0 Å². The fourth-order valence-electron chi connectivity index (χ4n) is 1.70. The molecule has 1 saturated heterocycles. The molecule has 1 aliphatic rings. The molecule has 1 aliphatic heterocycles. The number of rotatable bonds is 5. The molecule has 6 nitrogen and oxygen atoms in total. The van der Waals surface area contributed by atoms with Crippen molar-refractivity contribution in [2.75, 3.05) is 23.7 Å². The van der Waals surface area contributed by atoms with Crippen molar-refractivity contribution >= 4 is 17.5 Å². The van der Waals surface area contributed by atoms with Crippen LogP contribution in [0.4, 0.5) is 11.6 Å². The lowest BCUT2D eigenvalue weighted by Crippen LogP contribution is -2.23. The number of hydrogen-bond acceptors (Lipinski definition) is 5. The second-order valence-corrected chi connectivity index (χ2v) is 4.06. The van der Waals surface area contributed by atoms with Gasteiger partial charge in [-0.25, -0.2) is 9.97 Å². The number of nitrogens with one attached hydrogen (secondary N) is 3. The van der Waals surface area contributed by atoms with Gasteiger partial charge in [-0.3, -0.25) is 4.79 Å². The van der Waals surface area contributed by atoms with E-state index in [1.54, 1.807) is 0 Å². The van der Waals surface area contributed by atoms with Crippen molar-refractivity contribution < 1.29 is 4.79 Å². The largest absolute Gasteiger partial charge is 0.370 e. The lowest BCUT2D eigenvalue weighted by Gasteiger charge is -2.11. The van der Waals surface area contributed by atoms with E-state index in [9.17, 15) is 4.79 Å². The van der Waals surface area contributed by atoms with Crippen molar-refractivity contribution in [3.05, 3.63) is 12.4 Å². The van der Waals surface area contributed by atoms with E-state index in [1.807, 2.05) is 6.07 Å². The maximum absolute atomic E-state index is 11.1. The third kappa shape index (κ3) is 3.30. The quantitative estimate of drug-likeness (QED) is 0.696. The highest BCUT2D eigenvalue weighted by Crippen LogP contribution is 2.12. The molecule has 0 spiro atoms. The minimum absolute atomic E-state index is 0.0842. The summed E-state index contributed by atoms with van der Waals surface area (Å²) in [5, 5.41) is 9.19. The Morgan fingerprint density at radius 2 is 2.29 bits per heavy atom. The first kappa shape index (κ1) is 11.6. The predicted molar refractivity (Wildman–Crippen MR) is 65.9 cm³/mol. The van der Waals surface area contributed by atoms with Crippen LogP contribution in [0.5, 0.6) is 0 Å². The molecule has 0 saturated carbocycles. The number of amides is 1. The zero-order chi connectivity index (χ0) is 12.1. The molecule has 0 bridgehead atoms. The lowest BCUT2D eigenvalue weighted by molar-refractivity contribution is -0.119. The van der Waals surface area contributed by atoms with Crippen LogP contribution in [0.3, 0.4) is 0 Å². The standard InChI is InChI=1S/C11H17N5O/c1-2-3-12-9-5-10(15-7-14-9)16-8-4-11(17)13-6-8/h5,7-8H,2-4,6H2,1H3,(H,13,17)(H2,12,14,15,16). The summed E-state index contributed by atoms with van der Waals surface area (Å²) in [6, 6.07) is 1.98. The normalized spacial score (nSPS) is 18.9. The topological polar surface area (TPSA) is 78.9 Å². The average molecular weight is 235 g/mol. The van der Waals surface area contributed by atoms with Gasteiger partial charge in [-0.1, -0.05) is 6.92 Å². The number of aromatic nitrogens is 2. The Morgan fingerprint density at radius 3 is 3.00 bits per heavy atom. The summed E-state index contributed by atoms with van der Waals surface area (Å²) in [5.41, 5.74) is 0. The number of hydrogen-bond donors (Lipinski definition) is 3. The first-order valence-corrected chi connectivity index (χ1v) is 5.87. The summed E-state index contributed by atoms with van der Waals surface area (Å²) in [6.07, 6.45) is 3.07. The molecule has 17 heavy (non-hydrogen) atoms. The lowest BCUT2D eigenvalue weighted by atomic mass is 10.2. The van der Waals surface area contributed by atoms with Crippen molar-refractivity contribution in [2.45, 2.75) is 25.8 Å². The fraction of sp³-hybridized carbons (Fsp3) is 0.545. The molecule has 1 amide bonds. The van der Waals surface area contributed by atoms with E-state index in [2.05, 4.69) is 32.8 Å². The molecule has 92 valence electrons. The van der Waals surface area contributed by atoms with Crippen LogP contribution in [-0.2, 0) is 4.79 Å². The van der Waals surface area contributed by atoms with Crippen LogP contribution in [0.15, 0.2) is 12.4 Å². The third-order valence-corrected chi connectivity index (χ3v) is 2.55. The maximum atomic E-state index is 11.1. The molecular weight excluding hydrogens is 218 g/mol. The van der Waals surface area contributed by atoms with Gasteiger partial charge >= 0.3 is 0 Å². The fourth-order valence-corrected chi connectivity index (χ4v) is 1.70. The van der Waals surface area contributed by atoms with Crippen LogP contribution in [-0.4, -0.2) is 35.0 Å². The van der Waals surface area contributed by atoms with E-state index in [1.165, 1.54) is 6.33 Å². The second kappa shape index (κ2) is 5.47. The van der Waals surface area contributed by atoms with Gasteiger partial charge in [0.15, 0.2) is 0 Å². The summed E-state index contributed by atoms with van der Waals surface area (Å²) in [4.78, 5) is 19.3. The minimum atomic E-state index is 0.0842. The molecule has 3 N–H and O–H groups in total. The van der Waals surface area contributed by atoms with E-state index >= 15 is 0 Å². The Kier molecular flexibility index (Phi) is 3.74. The van der Waals surface area contributed by atoms with E-state index in [-0.39, 0.29) is 11.9 Å². The molecule has 1 fully saturated rings. The Labute approximate surface area is 100 Å². The smallest absolute Gasteiger partial charge is 0.222 e. The van der Waals surface area contributed by atoms with Gasteiger partial charge in [0.05, 0.1) is 6.04 Å². The van der Waals surface area contributed by atoms with Crippen molar-refractivity contribution in [1.29, 1.82) is 0 Å². The van der Waals surface area contributed by atoms with Crippen LogP contribution in [0.2, 0.25) is 0 Å². The van der Waals surface area contributed by atoms with Crippen molar-refractivity contribution in [3.63, 3.8) is 0 Å². The molecule has 2 rings (SSSR count). The third-order valence-electron chi connectivity index (χ3n) is 2.55. The summed E-state index contributed by atoms with van der Waals surface area (Å²) < 4.78 is 0. The number of carbonyl (C=O) groups is 1. The SMILES string of the molecule is CCCNc1cc(NC2CNC(=O)C2)ncn1. The molecule has 1 aromatic heterocycles. The van der Waals surface area contributed by atoms with Gasteiger partial charge in [0.2, 0.25) is 5.91 Å². The van der Waals surface area contributed by atoms with Crippen LogP contribution in [0.1, 0.15) is 19.8 Å². The van der Waals surface area contributed by atoms with Gasteiger partial charge in [-0.05, 0) is 6.42 Å². The maximum Gasteiger partial charge on any atom is 0.222 e. The molecule has 1 aromatic rings. The van der Waals surface area contributed by atoms with Gasteiger partial charge in [-0.15, -0.1) is 0 Å². The molecule has 1 unspecified atom stereocenters. The Balaban J connectivity index is 1.93. The minimum Gasteiger partial charge on any atom is -0.370 e. The molecule has 6 heteroatoms. The van der Waals surface area contributed by atoms with Crippen molar-refractivity contribution in [3.8, 4) is 0 Å². The molecule has 0 radical (unpaired) electrons. The van der Waals surface area contributed by atoms with Crippen LogP contribution in [0.25, 0.3) is 0 Å². The van der Waals surface area contributed by atoms with Gasteiger partial charge in [0.25, 0.3) is 0 Å². The summed E-state index contributed by atoms with van der Waals surface area (Å²) in [7, 11) is 0. The van der Waals surface area contributed by atoms with Crippen LogP contribution >= 0.6 is 0 Å². The molecule has 1 atom stereocenters. The Bertz CT molecular complexity index is 395. The highest BCUT2D eigenvalue weighted by molar-refractivity contribution is 5.79. The molecule has 0 aromatic carbocycles. The van der Waals surface area contributed by atoms with E-state index < -0.39 is 0 Å². The molecule has 2 heterocycles. The van der Waals surface area contributed by atoms with Gasteiger partial charge in [-0.2, -0.15) is 0 Å². The Morgan fingerprint density at radius 1 is 1.47 bits per heavy atom. The van der Waals surface area contributed by atoms with Crippen molar-refractivity contribution in [1.82, 2.24) is 15.3 Å². The summed E-state index contributed by atoms with van der Waals surface area (Å²) in [6.45, 7) is 3.64. The monoisotopic (exact) mass is 235 g/mol. The zero-order valence-electron chi connectivity index (χ0n) is 9.86. The summed E-state index contributed by atoms with van der Waals surface area (Å²) >= 11 is 0. The average Bonchev–Trinajstić information content (AvgIpc) is 2.73. The van der Waals surface area contributed by atoms with E-state index in [4.69, 9.17) is 0 Å². The number of nitrogens with zero attached hydrogens (tertiary/aromatic N) is 2. The Hall–Kier alpha value is -1.85. The first-order valence-electron chi connectivity index (χ1n) is 5.87.